The van der Waals surface area contributed by atoms with E-state index < -0.39 is 0 Å². The lowest BCUT2D eigenvalue weighted by Crippen LogP contribution is -2.10. The van der Waals surface area contributed by atoms with Crippen LogP contribution in [0.5, 0.6) is 0 Å². The van der Waals surface area contributed by atoms with Crippen LogP contribution in [-0.2, 0) is 0 Å². The van der Waals surface area contributed by atoms with E-state index in [2.05, 4.69) is 15.0 Å². The maximum absolute atomic E-state index is 11.6. The van der Waals surface area contributed by atoms with Gasteiger partial charge in [0.2, 0.25) is 0 Å². The summed E-state index contributed by atoms with van der Waals surface area (Å²) in [4.78, 5) is 23.7. The Morgan fingerprint density at radius 3 is 2.87 bits per heavy atom. The van der Waals surface area contributed by atoms with Crippen LogP contribution in [-0.4, -0.2) is 15.0 Å². The third kappa shape index (κ3) is 1.38. The number of nitrogens with one attached hydrogen (secondary N) is 1. The lowest BCUT2D eigenvalue weighted by Gasteiger charge is -2.22. The molecule has 1 aliphatic rings. The molecule has 1 fully saturated rings. The van der Waals surface area contributed by atoms with Crippen molar-refractivity contribution in [2.75, 3.05) is 0 Å². The molecule has 3 rings (SSSR count). The van der Waals surface area contributed by atoms with Crippen LogP contribution in [0, 0.1) is 6.92 Å². The molecule has 78 valence electrons. The highest BCUT2D eigenvalue weighted by atomic mass is 32.1. The van der Waals surface area contributed by atoms with E-state index in [9.17, 15) is 4.79 Å². The first-order chi connectivity index (χ1) is 7.24. The molecule has 0 aliphatic heterocycles. The third-order valence-corrected chi connectivity index (χ3v) is 3.97. The van der Waals surface area contributed by atoms with Gasteiger partial charge in [0.1, 0.15) is 5.82 Å². The topological polar surface area (TPSA) is 58.6 Å². The molecule has 0 bridgehead atoms. The molecule has 4 nitrogen and oxygen atoms in total. The van der Waals surface area contributed by atoms with Gasteiger partial charge in [-0.2, -0.15) is 0 Å². The lowest BCUT2D eigenvalue weighted by atomic mass is 9.86. The number of aromatic amines is 1. The van der Waals surface area contributed by atoms with Crippen molar-refractivity contribution < 1.29 is 0 Å². The highest BCUT2D eigenvalue weighted by molar-refractivity contribution is 7.18. The fourth-order valence-corrected chi connectivity index (χ4v) is 2.94. The molecule has 0 atom stereocenters. The van der Waals surface area contributed by atoms with E-state index in [1.54, 1.807) is 18.3 Å². The molecule has 0 amide bonds. The lowest BCUT2D eigenvalue weighted by molar-refractivity contribution is 0.419. The number of rotatable bonds is 1. The van der Waals surface area contributed by atoms with Gasteiger partial charge in [-0.15, -0.1) is 0 Å². The van der Waals surface area contributed by atoms with Crippen molar-refractivity contribution in [2.24, 2.45) is 0 Å². The summed E-state index contributed by atoms with van der Waals surface area (Å²) in [6.07, 6.45) is 3.69. The van der Waals surface area contributed by atoms with Gasteiger partial charge in [-0.25, -0.2) is 9.97 Å². The first-order valence-corrected chi connectivity index (χ1v) is 5.93. The monoisotopic (exact) mass is 221 g/mol. The van der Waals surface area contributed by atoms with E-state index in [0.717, 1.165) is 9.84 Å². The number of aryl methyl sites for hydroxylation is 1. The average Bonchev–Trinajstić information content (AvgIpc) is 2.44. The van der Waals surface area contributed by atoms with E-state index >= 15 is 0 Å². The van der Waals surface area contributed by atoms with E-state index in [1.807, 2.05) is 0 Å². The fourth-order valence-electron chi connectivity index (χ4n) is 1.79. The predicted octanol–water partition coefficient (Wildman–Crippen LogP) is 1.96. The second kappa shape index (κ2) is 3.13. The molecule has 0 aromatic carbocycles. The van der Waals surface area contributed by atoms with Gasteiger partial charge in [-0.1, -0.05) is 17.8 Å². The molecule has 0 radical (unpaired) electrons. The van der Waals surface area contributed by atoms with Crippen LogP contribution in [0.3, 0.4) is 0 Å². The number of hydrogen-bond donors (Lipinski definition) is 1. The summed E-state index contributed by atoms with van der Waals surface area (Å²) in [6.45, 7) is 1.80. The summed E-state index contributed by atoms with van der Waals surface area (Å²) in [7, 11) is 0. The number of fused-ring (bicyclic) bond motifs is 1. The first kappa shape index (κ1) is 9.03. The molecular formula is C10H11N3OS. The van der Waals surface area contributed by atoms with Gasteiger partial charge in [-0.05, 0) is 19.8 Å². The van der Waals surface area contributed by atoms with Crippen molar-refractivity contribution in [3.05, 3.63) is 21.2 Å². The second-order valence-electron chi connectivity index (χ2n) is 3.99. The normalized spacial score (nSPS) is 16.9. The summed E-state index contributed by atoms with van der Waals surface area (Å²) in [5, 5.41) is 1.08. The van der Waals surface area contributed by atoms with E-state index in [1.165, 1.54) is 19.3 Å². The van der Waals surface area contributed by atoms with Gasteiger partial charge in [-0.3, -0.25) is 4.79 Å². The number of hydrogen-bond acceptors (Lipinski definition) is 4. The quantitative estimate of drug-likeness (QED) is 0.800. The Morgan fingerprint density at radius 1 is 1.40 bits per heavy atom. The van der Waals surface area contributed by atoms with Gasteiger partial charge < -0.3 is 4.98 Å². The minimum absolute atomic E-state index is 0.112. The van der Waals surface area contributed by atoms with E-state index in [-0.39, 0.29) is 5.56 Å². The molecule has 0 spiro atoms. The van der Waals surface area contributed by atoms with Crippen LogP contribution < -0.4 is 5.56 Å². The van der Waals surface area contributed by atoms with E-state index in [0.29, 0.717) is 17.3 Å². The molecular weight excluding hydrogens is 210 g/mol. The summed E-state index contributed by atoms with van der Waals surface area (Å²) >= 11 is 1.57. The van der Waals surface area contributed by atoms with Crippen LogP contribution in [0.15, 0.2) is 4.79 Å². The second-order valence-corrected chi connectivity index (χ2v) is 4.99. The SMILES string of the molecule is Cc1nc2sc(C3CCC3)nc2c(=O)[nH]1. The van der Waals surface area contributed by atoms with Crippen LogP contribution in [0.25, 0.3) is 10.3 Å². The Morgan fingerprint density at radius 2 is 2.20 bits per heavy atom. The Bertz CT molecular complexity index is 568. The standard InChI is InChI=1S/C10H11N3OS/c1-5-11-8(14)7-10(12-5)15-9(13-7)6-3-2-4-6/h6H,2-4H2,1H3,(H,11,12,14). The largest absolute Gasteiger partial charge is 0.309 e. The predicted molar refractivity (Wildman–Crippen MR) is 59.4 cm³/mol. The molecule has 0 saturated heterocycles. The van der Waals surface area contributed by atoms with Gasteiger partial charge in [0.25, 0.3) is 5.56 Å². The zero-order valence-electron chi connectivity index (χ0n) is 8.41. The van der Waals surface area contributed by atoms with Crippen molar-refractivity contribution in [1.29, 1.82) is 0 Å². The van der Waals surface area contributed by atoms with Crippen molar-refractivity contribution in [3.63, 3.8) is 0 Å². The minimum atomic E-state index is -0.112. The van der Waals surface area contributed by atoms with Crippen molar-refractivity contribution >= 4 is 21.7 Å². The molecule has 15 heavy (non-hydrogen) atoms. The Balaban J connectivity index is 2.20. The first-order valence-electron chi connectivity index (χ1n) is 5.11. The number of aromatic nitrogens is 3. The third-order valence-electron chi connectivity index (χ3n) is 2.86. The smallest absolute Gasteiger partial charge is 0.278 e. The molecule has 0 unspecified atom stereocenters. The highest BCUT2D eigenvalue weighted by Crippen LogP contribution is 2.38. The molecule has 1 N–H and O–H groups in total. The fraction of sp³-hybridized carbons (Fsp3) is 0.500. The number of thiazole rings is 1. The summed E-state index contributed by atoms with van der Waals surface area (Å²) in [5.41, 5.74) is 0.395. The van der Waals surface area contributed by atoms with Gasteiger partial charge >= 0.3 is 0 Å². The molecule has 2 heterocycles. The van der Waals surface area contributed by atoms with Crippen LogP contribution >= 0.6 is 11.3 Å². The Kier molecular flexibility index (Phi) is 1.88. The highest BCUT2D eigenvalue weighted by Gasteiger charge is 2.23. The minimum Gasteiger partial charge on any atom is -0.309 e. The van der Waals surface area contributed by atoms with Crippen molar-refractivity contribution in [3.8, 4) is 0 Å². The zero-order valence-corrected chi connectivity index (χ0v) is 9.23. The Labute approximate surface area is 90.4 Å². The van der Waals surface area contributed by atoms with E-state index in [4.69, 9.17) is 0 Å². The average molecular weight is 221 g/mol. The van der Waals surface area contributed by atoms with Crippen LogP contribution in [0.1, 0.15) is 36.0 Å². The maximum Gasteiger partial charge on any atom is 0.278 e. The van der Waals surface area contributed by atoms with Crippen LogP contribution in [0.2, 0.25) is 0 Å². The molecule has 2 aromatic rings. The summed E-state index contributed by atoms with van der Waals surface area (Å²) < 4.78 is 0. The van der Waals surface area contributed by atoms with Gasteiger partial charge in [0, 0.05) is 5.92 Å². The van der Waals surface area contributed by atoms with Crippen molar-refractivity contribution in [1.82, 2.24) is 15.0 Å². The Hall–Kier alpha value is -1.23. The van der Waals surface area contributed by atoms with Gasteiger partial charge in [0.15, 0.2) is 10.3 Å². The number of H-pyrrole nitrogens is 1. The number of nitrogens with zero attached hydrogens (tertiary/aromatic N) is 2. The summed E-state index contributed by atoms with van der Waals surface area (Å²) in [5.74, 6) is 1.24. The molecule has 5 heteroatoms. The molecule has 1 aliphatic carbocycles. The van der Waals surface area contributed by atoms with Crippen LogP contribution in [0.4, 0.5) is 0 Å². The van der Waals surface area contributed by atoms with Crippen molar-refractivity contribution in [2.45, 2.75) is 32.1 Å². The maximum atomic E-state index is 11.6. The molecule has 2 aromatic heterocycles. The zero-order chi connectivity index (χ0) is 10.4. The molecule has 1 saturated carbocycles. The summed E-state index contributed by atoms with van der Waals surface area (Å²) in [6, 6.07) is 0. The van der Waals surface area contributed by atoms with Gasteiger partial charge in [0.05, 0.1) is 5.01 Å².